The van der Waals surface area contributed by atoms with Gasteiger partial charge in [0.15, 0.2) is 0 Å². The molecule has 2 heterocycles. The van der Waals surface area contributed by atoms with Crippen molar-refractivity contribution in [3.05, 3.63) is 83.8 Å². The summed E-state index contributed by atoms with van der Waals surface area (Å²) in [6, 6.07) is 19.3. The third kappa shape index (κ3) is 1.91. The quantitative estimate of drug-likeness (QED) is 0.521. The van der Waals surface area contributed by atoms with E-state index in [1.54, 1.807) is 0 Å². The average Bonchev–Trinajstić information content (AvgIpc) is 2.96. The van der Waals surface area contributed by atoms with Crippen molar-refractivity contribution in [3.8, 4) is 0 Å². The number of hydrogen-bond acceptors (Lipinski definition) is 2. The summed E-state index contributed by atoms with van der Waals surface area (Å²) in [6.45, 7) is 1.94. The van der Waals surface area contributed by atoms with Gasteiger partial charge in [0, 0.05) is 17.1 Å². The summed E-state index contributed by atoms with van der Waals surface area (Å²) in [5.41, 5.74) is 3.05. The third-order valence-electron chi connectivity index (χ3n) is 3.85. The molecule has 0 aliphatic carbocycles. The number of carbonyl (C=O) groups is 1. The number of hydrogen-bond donors (Lipinski definition) is 0. The SMILES string of the molecule is Cc1cn2c(C(=O)c3ccccc3)cc3ccccc3c2n1. The first-order chi connectivity index (χ1) is 10.7. The average molecular weight is 286 g/mol. The van der Waals surface area contributed by atoms with E-state index in [9.17, 15) is 4.79 Å². The van der Waals surface area contributed by atoms with Crippen molar-refractivity contribution in [1.82, 2.24) is 9.38 Å². The summed E-state index contributed by atoms with van der Waals surface area (Å²) in [5, 5.41) is 2.08. The molecule has 3 nitrogen and oxygen atoms in total. The lowest BCUT2D eigenvalue weighted by Gasteiger charge is -2.08. The van der Waals surface area contributed by atoms with Gasteiger partial charge < -0.3 is 0 Å². The first kappa shape index (κ1) is 12.8. The minimum Gasteiger partial charge on any atom is -0.296 e. The van der Waals surface area contributed by atoms with Crippen LogP contribution in [0.15, 0.2) is 66.9 Å². The molecule has 0 amide bonds. The highest BCUT2D eigenvalue weighted by Gasteiger charge is 2.15. The van der Waals surface area contributed by atoms with E-state index < -0.39 is 0 Å². The maximum atomic E-state index is 12.9. The minimum atomic E-state index is 0.00810. The number of rotatable bonds is 2. The van der Waals surface area contributed by atoms with Crippen LogP contribution in [0.25, 0.3) is 16.4 Å². The molecule has 0 saturated carbocycles. The van der Waals surface area contributed by atoms with E-state index in [4.69, 9.17) is 0 Å². The molecule has 4 rings (SSSR count). The number of benzene rings is 2. The maximum Gasteiger partial charge on any atom is 0.209 e. The van der Waals surface area contributed by atoms with Crippen LogP contribution in [0.2, 0.25) is 0 Å². The molecular weight excluding hydrogens is 272 g/mol. The Kier molecular flexibility index (Phi) is 2.79. The van der Waals surface area contributed by atoms with Crippen LogP contribution in [0, 0.1) is 6.92 Å². The Bertz CT molecular complexity index is 1000. The van der Waals surface area contributed by atoms with Crippen molar-refractivity contribution < 1.29 is 4.79 Å². The van der Waals surface area contributed by atoms with Gasteiger partial charge in [-0.25, -0.2) is 4.98 Å². The zero-order valence-electron chi connectivity index (χ0n) is 12.2. The molecule has 106 valence electrons. The molecule has 0 spiro atoms. The van der Waals surface area contributed by atoms with E-state index in [0.717, 1.165) is 22.1 Å². The number of nitrogens with zero attached hydrogens (tertiary/aromatic N) is 2. The van der Waals surface area contributed by atoms with Gasteiger partial charge in [-0.3, -0.25) is 9.20 Å². The van der Waals surface area contributed by atoms with Gasteiger partial charge in [-0.15, -0.1) is 0 Å². The van der Waals surface area contributed by atoms with E-state index in [0.29, 0.717) is 11.3 Å². The van der Waals surface area contributed by atoms with Crippen LogP contribution in [-0.2, 0) is 0 Å². The molecule has 0 radical (unpaired) electrons. The molecule has 22 heavy (non-hydrogen) atoms. The number of fused-ring (bicyclic) bond motifs is 3. The van der Waals surface area contributed by atoms with Crippen LogP contribution in [0.3, 0.4) is 0 Å². The Morgan fingerprint density at radius 2 is 1.73 bits per heavy atom. The summed E-state index contributed by atoms with van der Waals surface area (Å²) in [6.07, 6.45) is 1.91. The second kappa shape index (κ2) is 4.81. The van der Waals surface area contributed by atoms with E-state index >= 15 is 0 Å². The van der Waals surface area contributed by atoms with E-state index in [1.807, 2.05) is 78.2 Å². The number of imidazole rings is 1. The van der Waals surface area contributed by atoms with Gasteiger partial charge in [-0.1, -0.05) is 54.6 Å². The second-order valence-corrected chi connectivity index (χ2v) is 5.39. The summed E-state index contributed by atoms with van der Waals surface area (Å²) in [5.74, 6) is 0.00810. The van der Waals surface area contributed by atoms with Gasteiger partial charge in [0.25, 0.3) is 0 Å². The summed E-state index contributed by atoms with van der Waals surface area (Å²) in [4.78, 5) is 17.5. The van der Waals surface area contributed by atoms with Gasteiger partial charge in [-0.05, 0) is 18.4 Å². The predicted molar refractivity (Wildman–Crippen MR) is 87.3 cm³/mol. The summed E-state index contributed by atoms with van der Waals surface area (Å²) in [7, 11) is 0. The molecule has 0 atom stereocenters. The van der Waals surface area contributed by atoms with Gasteiger partial charge in [-0.2, -0.15) is 0 Å². The Hall–Kier alpha value is -2.94. The molecule has 0 saturated heterocycles. The molecule has 0 aliphatic heterocycles. The van der Waals surface area contributed by atoms with E-state index in [2.05, 4.69) is 4.98 Å². The number of pyridine rings is 1. The zero-order valence-corrected chi connectivity index (χ0v) is 12.2. The van der Waals surface area contributed by atoms with Crippen molar-refractivity contribution in [2.24, 2.45) is 0 Å². The van der Waals surface area contributed by atoms with Crippen LogP contribution in [0.5, 0.6) is 0 Å². The van der Waals surface area contributed by atoms with Crippen molar-refractivity contribution in [1.29, 1.82) is 0 Å². The number of aromatic nitrogens is 2. The summed E-state index contributed by atoms with van der Waals surface area (Å²) >= 11 is 0. The number of aryl methyl sites for hydroxylation is 1. The van der Waals surface area contributed by atoms with Gasteiger partial charge in [0.1, 0.15) is 5.65 Å². The van der Waals surface area contributed by atoms with E-state index in [1.165, 1.54) is 0 Å². The van der Waals surface area contributed by atoms with Crippen molar-refractivity contribution in [2.45, 2.75) is 6.92 Å². The lowest BCUT2D eigenvalue weighted by atomic mass is 10.0. The van der Waals surface area contributed by atoms with Crippen molar-refractivity contribution >= 4 is 22.2 Å². The van der Waals surface area contributed by atoms with Crippen LogP contribution in [0.1, 0.15) is 21.7 Å². The van der Waals surface area contributed by atoms with Crippen LogP contribution in [-0.4, -0.2) is 15.2 Å². The summed E-state index contributed by atoms with van der Waals surface area (Å²) < 4.78 is 1.90. The highest BCUT2D eigenvalue weighted by Crippen LogP contribution is 2.23. The minimum absolute atomic E-state index is 0.00810. The molecule has 0 fully saturated rings. The smallest absolute Gasteiger partial charge is 0.209 e. The lowest BCUT2D eigenvalue weighted by Crippen LogP contribution is -2.07. The van der Waals surface area contributed by atoms with Crippen LogP contribution in [0.4, 0.5) is 0 Å². The Morgan fingerprint density at radius 1 is 1.00 bits per heavy atom. The molecule has 0 N–H and O–H groups in total. The van der Waals surface area contributed by atoms with Gasteiger partial charge in [0.05, 0.1) is 11.4 Å². The normalized spacial score (nSPS) is 11.1. The first-order valence-corrected chi connectivity index (χ1v) is 7.21. The Labute approximate surface area is 127 Å². The van der Waals surface area contributed by atoms with Crippen LogP contribution < -0.4 is 0 Å². The predicted octanol–water partition coefficient (Wildman–Crippen LogP) is 4.03. The Balaban J connectivity index is 2.06. The number of ketones is 1. The molecule has 2 aromatic heterocycles. The standard InChI is InChI=1S/C19H14N2O/c1-13-12-21-17(18(22)14-7-3-2-4-8-14)11-15-9-5-6-10-16(15)19(21)20-13/h2-12H,1H3. The lowest BCUT2D eigenvalue weighted by molar-refractivity contribution is 0.103. The molecule has 0 unspecified atom stereocenters. The van der Waals surface area contributed by atoms with Crippen LogP contribution >= 0.6 is 0 Å². The largest absolute Gasteiger partial charge is 0.296 e. The molecular formula is C19H14N2O. The molecule has 0 bridgehead atoms. The monoisotopic (exact) mass is 286 g/mol. The second-order valence-electron chi connectivity index (χ2n) is 5.39. The fourth-order valence-corrected chi connectivity index (χ4v) is 2.83. The molecule has 2 aromatic carbocycles. The van der Waals surface area contributed by atoms with Gasteiger partial charge >= 0.3 is 0 Å². The van der Waals surface area contributed by atoms with Crippen molar-refractivity contribution in [2.75, 3.05) is 0 Å². The molecule has 3 heteroatoms. The fraction of sp³-hybridized carbons (Fsp3) is 0.0526. The first-order valence-electron chi connectivity index (χ1n) is 7.21. The van der Waals surface area contributed by atoms with E-state index in [-0.39, 0.29) is 5.78 Å². The Morgan fingerprint density at radius 3 is 2.55 bits per heavy atom. The zero-order chi connectivity index (χ0) is 15.1. The third-order valence-corrected chi connectivity index (χ3v) is 3.85. The number of carbonyl (C=O) groups excluding carboxylic acids is 1. The van der Waals surface area contributed by atoms with Gasteiger partial charge in [0.2, 0.25) is 5.78 Å². The maximum absolute atomic E-state index is 12.9. The highest BCUT2D eigenvalue weighted by molar-refractivity contribution is 6.11. The molecule has 0 aliphatic rings. The fourth-order valence-electron chi connectivity index (χ4n) is 2.83. The topological polar surface area (TPSA) is 34.4 Å². The molecule has 4 aromatic rings. The highest BCUT2D eigenvalue weighted by atomic mass is 16.1. The van der Waals surface area contributed by atoms with Crippen molar-refractivity contribution in [3.63, 3.8) is 0 Å².